The molecule has 1 aromatic carbocycles. The second-order valence-electron chi connectivity index (χ2n) is 4.76. The fourth-order valence-electron chi connectivity index (χ4n) is 2.27. The quantitative estimate of drug-likeness (QED) is 0.455. The SMILES string of the molecule is COC(=O)C(c1ccccc1[N+](=O)[O-])C(OC)C(C)C. The number of carbonyl (C=O) groups is 1. The van der Waals surface area contributed by atoms with Crippen molar-refractivity contribution in [2.75, 3.05) is 14.2 Å². The molecule has 0 aliphatic rings. The van der Waals surface area contributed by atoms with Gasteiger partial charge in [0.25, 0.3) is 5.69 Å². The van der Waals surface area contributed by atoms with E-state index in [1.807, 2.05) is 13.8 Å². The Morgan fingerprint density at radius 1 is 1.25 bits per heavy atom. The molecule has 0 saturated carbocycles. The van der Waals surface area contributed by atoms with E-state index in [2.05, 4.69) is 0 Å². The molecular weight excluding hydrogens is 262 g/mol. The molecule has 0 fully saturated rings. The zero-order chi connectivity index (χ0) is 15.3. The summed E-state index contributed by atoms with van der Waals surface area (Å²) in [5, 5.41) is 11.1. The van der Waals surface area contributed by atoms with Gasteiger partial charge in [-0.3, -0.25) is 14.9 Å². The molecule has 0 radical (unpaired) electrons. The van der Waals surface area contributed by atoms with Gasteiger partial charge in [-0.25, -0.2) is 0 Å². The summed E-state index contributed by atoms with van der Waals surface area (Å²) in [5.41, 5.74) is 0.204. The molecule has 0 aromatic heterocycles. The van der Waals surface area contributed by atoms with Crippen molar-refractivity contribution in [3.63, 3.8) is 0 Å². The van der Waals surface area contributed by atoms with Crippen LogP contribution in [-0.4, -0.2) is 31.2 Å². The van der Waals surface area contributed by atoms with Gasteiger partial charge in [-0.05, 0) is 5.92 Å². The third-order valence-corrected chi connectivity index (χ3v) is 3.18. The predicted molar refractivity (Wildman–Crippen MR) is 73.5 cm³/mol. The van der Waals surface area contributed by atoms with E-state index in [1.165, 1.54) is 20.3 Å². The maximum absolute atomic E-state index is 12.1. The van der Waals surface area contributed by atoms with Crippen molar-refractivity contribution in [2.45, 2.75) is 25.9 Å². The monoisotopic (exact) mass is 281 g/mol. The Morgan fingerprint density at radius 3 is 2.30 bits per heavy atom. The highest BCUT2D eigenvalue weighted by Crippen LogP contribution is 2.33. The van der Waals surface area contributed by atoms with Crippen LogP contribution in [0.1, 0.15) is 25.3 Å². The van der Waals surface area contributed by atoms with Crippen LogP contribution < -0.4 is 0 Å². The van der Waals surface area contributed by atoms with Crippen molar-refractivity contribution < 1.29 is 19.2 Å². The van der Waals surface area contributed by atoms with Gasteiger partial charge in [0.05, 0.1) is 18.1 Å². The van der Waals surface area contributed by atoms with Gasteiger partial charge in [0.2, 0.25) is 0 Å². The van der Waals surface area contributed by atoms with Crippen LogP contribution in [0.15, 0.2) is 24.3 Å². The fourth-order valence-corrected chi connectivity index (χ4v) is 2.27. The number of benzene rings is 1. The van der Waals surface area contributed by atoms with Crippen LogP contribution in [0.3, 0.4) is 0 Å². The third kappa shape index (κ3) is 3.33. The van der Waals surface area contributed by atoms with Gasteiger partial charge >= 0.3 is 5.97 Å². The second kappa shape index (κ2) is 7.00. The minimum Gasteiger partial charge on any atom is -0.468 e. The second-order valence-corrected chi connectivity index (χ2v) is 4.76. The van der Waals surface area contributed by atoms with Crippen molar-refractivity contribution in [3.05, 3.63) is 39.9 Å². The van der Waals surface area contributed by atoms with Crippen LogP contribution in [0, 0.1) is 16.0 Å². The number of nitro benzene ring substituents is 1. The van der Waals surface area contributed by atoms with E-state index in [4.69, 9.17) is 9.47 Å². The zero-order valence-corrected chi connectivity index (χ0v) is 12.0. The first-order chi connectivity index (χ1) is 9.43. The summed E-state index contributed by atoms with van der Waals surface area (Å²) in [6.45, 7) is 3.78. The van der Waals surface area contributed by atoms with E-state index >= 15 is 0 Å². The number of ether oxygens (including phenoxy) is 2. The van der Waals surface area contributed by atoms with Crippen LogP contribution >= 0.6 is 0 Å². The Hall–Kier alpha value is -1.95. The van der Waals surface area contributed by atoms with Gasteiger partial charge in [0.15, 0.2) is 0 Å². The van der Waals surface area contributed by atoms with Crippen molar-refractivity contribution in [1.29, 1.82) is 0 Å². The topological polar surface area (TPSA) is 78.7 Å². The van der Waals surface area contributed by atoms with Gasteiger partial charge in [-0.15, -0.1) is 0 Å². The summed E-state index contributed by atoms with van der Waals surface area (Å²) in [7, 11) is 2.74. The maximum Gasteiger partial charge on any atom is 0.316 e. The molecule has 0 amide bonds. The smallest absolute Gasteiger partial charge is 0.316 e. The van der Waals surface area contributed by atoms with Crippen molar-refractivity contribution in [3.8, 4) is 0 Å². The molecule has 0 aliphatic heterocycles. The summed E-state index contributed by atoms with van der Waals surface area (Å²) in [6.07, 6.45) is -0.497. The summed E-state index contributed by atoms with van der Waals surface area (Å²) in [5.74, 6) is -1.37. The van der Waals surface area contributed by atoms with Gasteiger partial charge in [-0.2, -0.15) is 0 Å². The molecule has 2 atom stereocenters. The molecular formula is C14H19NO5. The van der Waals surface area contributed by atoms with Gasteiger partial charge in [0, 0.05) is 18.7 Å². The molecule has 0 spiro atoms. The zero-order valence-electron chi connectivity index (χ0n) is 12.0. The first-order valence-corrected chi connectivity index (χ1v) is 6.28. The molecule has 6 nitrogen and oxygen atoms in total. The fraction of sp³-hybridized carbons (Fsp3) is 0.500. The minimum absolute atomic E-state index is 0.00362. The summed E-state index contributed by atoms with van der Waals surface area (Å²) < 4.78 is 10.2. The Labute approximate surface area is 117 Å². The number of hydrogen-bond acceptors (Lipinski definition) is 5. The number of carbonyl (C=O) groups excluding carboxylic acids is 1. The molecule has 1 rings (SSSR count). The average molecular weight is 281 g/mol. The molecule has 0 aliphatic carbocycles. The van der Waals surface area contributed by atoms with Crippen molar-refractivity contribution in [2.24, 2.45) is 5.92 Å². The lowest BCUT2D eigenvalue weighted by atomic mass is 9.86. The number of nitrogens with zero attached hydrogens (tertiary/aromatic N) is 1. The summed E-state index contributed by atoms with van der Waals surface area (Å²) in [6, 6.07) is 6.16. The van der Waals surface area contributed by atoms with Crippen LogP contribution in [0.5, 0.6) is 0 Å². The van der Waals surface area contributed by atoms with Crippen LogP contribution in [0.4, 0.5) is 5.69 Å². The van der Waals surface area contributed by atoms with E-state index in [0.717, 1.165) is 0 Å². The Bertz CT molecular complexity index is 486. The number of para-hydroxylation sites is 1. The highest BCUT2D eigenvalue weighted by Gasteiger charge is 2.37. The Morgan fingerprint density at radius 2 is 1.85 bits per heavy atom. The summed E-state index contributed by atoms with van der Waals surface area (Å²) in [4.78, 5) is 22.7. The number of esters is 1. The number of rotatable bonds is 6. The van der Waals surface area contributed by atoms with Crippen LogP contribution in [-0.2, 0) is 14.3 Å². The summed E-state index contributed by atoms with van der Waals surface area (Å²) >= 11 is 0. The van der Waals surface area contributed by atoms with E-state index in [9.17, 15) is 14.9 Å². The molecule has 0 bridgehead atoms. The molecule has 0 saturated heterocycles. The Balaban J connectivity index is 3.38. The molecule has 110 valence electrons. The highest BCUT2D eigenvalue weighted by molar-refractivity contribution is 5.80. The third-order valence-electron chi connectivity index (χ3n) is 3.18. The van der Waals surface area contributed by atoms with Gasteiger partial charge in [-0.1, -0.05) is 32.0 Å². The maximum atomic E-state index is 12.1. The number of methoxy groups -OCH3 is 2. The molecule has 2 unspecified atom stereocenters. The first-order valence-electron chi connectivity index (χ1n) is 6.28. The van der Waals surface area contributed by atoms with Crippen LogP contribution in [0.25, 0.3) is 0 Å². The minimum atomic E-state index is -0.827. The molecule has 1 aromatic rings. The number of nitro groups is 1. The normalized spacial score (nSPS) is 13.8. The van der Waals surface area contributed by atoms with Gasteiger partial charge < -0.3 is 9.47 Å². The molecule has 0 heterocycles. The van der Waals surface area contributed by atoms with E-state index in [1.54, 1.807) is 18.2 Å². The van der Waals surface area contributed by atoms with E-state index in [-0.39, 0.29) is 11.6 Å². The van der Waals surface area contributed by atoms with Crippen molar-refractivity contribution in [1.82, 2.24) is 0 Å². The Kier molecular flexibility index (Phi) is 5.64. The predicted octanol–water partition coefficient (Wildman–Crippen LogP) is 2.52. The molecule has 20 heavy (non-hydrogen) atoms. The lowest BCUT2D eigenvalue weighted by Crippen LogP contribution is -2.33. The first kappa shape index (κ1) is 16.1. The van der Waals surface area contributed by atoms with Crippen molar-refractivity contribution >= 4 is 11.7 Å². The standard InChI is InChI=1S/C14H19NO5/c1-9(2)13(19-3)12(14(16)20-4)10-7-5-6-8-11(10)15(17)18/h5-9,12-13H,1-4H3. The molecule has 6 heteroatoms. The molecule has 0 N–H and O–H groups in total. The van der Waals surface area contributed by atoms with Gasteiger partial charge in [0.1, 0.15) is 5.92 Å². The lowest BCUT2D eigenvalue weighted by Gasteiger charge is -2.27. The average Bonchev–Trinajstić information content (AvgIpc) is 2.43. The van der Waals surface area contributed by atoms with E-state index < -0.39 is 22.9 Å². The largest absolute Gasteiger partial charge is 0.468 e. The lowest BCUT2D eigenvalue weighted by molar-refractivity contribution is -0.385. The number of hydrogen-bond donors (Lipinski definition) is 0. The highest BCUT2D eigenvalue weighted by atomic mass is 16.6. The van der Waals surface area contributed by atoms with E-state index in [0.29, 0.717) is 5.56 Å². The van der Waals surface area contributed by atoms with Crippen LogP contribution in [0.2, 0.25) is 0 Å².